The molecule has 0 aliphatic rings. The predicted octanol–water partition coefficient (Wildman–Crippen LogP) is 5.33. The van der Waals surface area contributed by atoms with Crippen LogP contribution >= 0.6 is 34.9 Å². The maximum absolute atomic E-state index is 12.2. The Hall–Kier alpha value is -3.08. The molecule has 4 rings (SSSR count). The van der Waals surface area contributed by atoms with Gasteiger partial charge >= 0.3 is 0 Å². The molecular weight excluding hydrogens is 488 g/mol. The smallest absolute Gasteiger partial charge is 0.250 e. The summed E-state index contributed by atoms with van der Waals surface area (Å²) in [6.45, 7) is 1.77. The lowest BCUT2D eigenvalue weighted by Crippen LogP contribution is -2.21. The van der Waals surface area contributed by atoms with Crippen molar-refractivity contribution in [2.24, 2.45) is 5.10 Å². The van der Waals surface area contributed by atoms with Gasteiger partial charge in [-0.3, -0.25) is 4.79 Å². The van der Waals surface area contributed by atoms with Crippen molar-refractivity contribution < 1.29 is 14.6 Å². The minimum atomic E-state index is -0.241. The molecule has 3 aromatic carbocycles. The van der Waals surface area contributed by atoms with Crippen LogP contribution in [0.1, 0.15) is 18.1 Å². The van der Waals surface area contributed by atoms with Crippen LogP contribution in [0.3, 0.4) is 0 Å². The summed E-state index contributed by atoms with van der Waals surface area (Å²) in [5, 5.41) is 24.7. The molecule has 0 unspecified atom stereocenters. The first-order valence-corrected chi connectivity index (χ1v) is 13.1. The number of thioether (sulfide) groups is 2. The number of hydrogen-bond acceptors (Lipinski definition) is 9. The molecule has 0 aliphatic heterocycles. The van der Waals surface area contributed by atoms with Crippen molar-refractivity contribution in [3.63, 3.8) is 0 Å². The fourth-order valence-electron chi connectivity index (χ4n) is 3.14. The molecule has 7 nitrogen and oxygen atoms in total. The fourth-order valence-corrected chi connectivity index (χ4v) is 5.96. The van der Waals surface area contributed by atoms with E-state index in [9.17, 15) is 9.90 Å². The lowest BCUT2D eigenvalue weighted by molar-refractivity contribution is -0.118. The molecule has 0 saturated heterocycles. The highest BCUT2D eigenvalue weighted by Gasteiger charge is 2.10. The van der Waals surface area contributed by atoms with Crippen LogP contribution in [0.2, 0.25) is 0 Å². The number of carbonyl (C=O) groups is 1. The first-order chi connectivity index (χ1) is 16.5. The number of nitrogens with zero attached hydrogens (tertiary/aromatic N) is 3. The van der Waals surface area contributed by atoms with Gasteiger partial charge in [0.2, 0.25) is 0 Å². The van der Waals surface area contributed by atoms with Gasteiger partial charge in [-0.2, -0.15) is 5.10 Å². The highest BCUT2D eigenvalue weighted by Crippen LogP contribution is 2.32. The van der Waals surface area contributed by atoms with Crippen LogP contribution in [0.25, 0.3) is 10.8 Å². The quantitative estimate of drug-likeness (QED) is 0.178. The van der Waals surface area contributed by atoms with E-state index in [1.807, 2.05) is 12.1 Å². The number of benzene rings is 3. The average molecular weight is 511 g/mol. The number of hydrogen-bond donors (Lipinski definition) is 2. The molecule has 0 radical (unpaired) electrons. The van der Waals surface area contributed by atoms with Crippen molar-refractivity contribution in [2.75, 3.05) is 12.9 Å². The summed E-state index contributed by atoms with van der Waals surface area (Å²) in [5.74, 6) is 1.14. The molecule has 0 saturated carbocycles. The van der Waals surface area contributed by atoms with E-state index < -0.39 is 0 Å². The Balaban J connectivity index is 1.28. The maximum atomic E-state index is 12.2. The number of fused-ring (bicyclic) bond motifs is 1. The first kappa shape index (κ1) is 24.1. The third-order valence-corrected chi connectivity index (χ3v) is 8.13. The zero-order valence-corrected chi connectivity index (χ0v) is 21.0. The molecule has 1 amide bonds. The normalized spacial score (nSPS) is 11.5. The maximum Gasteiger partial charge on any atom is 0.250 e. The van der Waals surface area contributed by atoms with Crippen molar-refractivity contribution in [3.05, 3.63) is 71.8 Å². The van der Waals surface area contributed by atoms with Gasteiger partial charge in [-0.25, -0.2) is 5.43 Å². The van der Waals surface area contributed by atoms with E-state index in [4.69, 9.17) is 4.74 Å². The van der Waals surface area contributed by atoms with Crippen LogP contribution in [-0.4, -0.2) is 39.8 Å². The molecular formula is C24H22N4O3S3. The van der Waals surface area contributed by atoms with Crippen LogP contribution < -0.4 is 10.2 Å². The van der Waals surface area contributed by atoms with Gasteiger partial charge in [0.05, 0.1) is 18.6 Å². The van der Waals surface area contributed by atoms with Crippen LogP contribution in [0, 0.1) is 0 Å². The third kappa shape index (κ3) is 6.07. The summed E-state index contributed by atoms with van der Waals surface area (Å²) in [4.78, 5) is 12.2. The SMILES string of the molecule is COc1cc(/C(C)=N\NC(=O)CSc2nnc(SCc3cccc4ccccc34)s2)ccc1O. The molecule has 1 aromatic heterocycles. The monoisotopic (exact) mass is 510 g/mol. The number of rotatable bonds is 9. The molecule has 2 N–H and O–H groups in total. The summed E-state index contributed by atoms with van der Waals surface area (Å²) in [6.07, 6.45) is 0. The highest BCUT2D eigenvalue weighted by atomic mass is 32.2. The van der Waals surface area contributed by atoms with Gasteiger partial charge in [0.25, 0.3) is 5.91 Å². The number of carbonyl (C=O) groups excluding carboxylic acids is 1. The number of aromatic hydroxyl groups is 1. The van der Waals surface area contributed by atoms with Crippen LogP contribution in [0.5, 0.6) is 11.5 Å². The second kappa shape index (κ2) is 11.4. The number of ether oxygens (including phenoxy) is 1. The Morgan fingerprint density at radius 2 is 1.85 bits per heavy atom. The van der Waals surface area contributed by atoms with E-state index in [1.165, 1.54) is 52.6 Å². The summed E-state index contributed by atoms with van der Waals surface area (Å²) in [5.41, 5.74) is 5.14. The molecule has 0 fully saturated rings. The molecule has 10 heteroatoms. The topological polar surface area (TPSA) is 96.7 Å². The molecule has 0 atom stereocenters. The lowest BCUT2D eigenvalue weighted by Gasteiger charge is -2.06. The third-order valence-electron chi connectivity index (χ3n) is 4.89. The zero-order chi connectivity index (χ0) is 23.9. The van der Waals surface area contributed by atoms with E-state index in [2.05, 4.69) is 51.1 Å². The average Bonchev–Trinajstić information content (AvgIpc) is 3.33. The Kier molecular flexibility index (Phi) is 8.04. The molecule has 4 aromatic rings. The Morgan fingerprint density at radius 3 is 2.68 bits per heavy atom. The Bertz CT molecular complexity index is 1330. The van der Waals surface area contributed by atoms with Crippen LogP contribution in [0.15, 0.2) is 74.4 Å². The van der Waals surface area contributed by atoms with Crippen molar-refractivity contribution in [2.45, 2.75) is 21.4 Å². The minimum absolute atomic E-state index is 0.0474. The minimum Gasteiger partial charge on any atom is -0.504 e. The van der Waals surface area contributed by atoms with E-state index in [1.54, 1.807) is 30.8 Å². The number of amides is 1. The van der Waals surface area contributed by atoms with Crippen molar-refractivity contribution in [1.82, 2.24) is 15.6 Å². The zero-order valence-electron chi connectivity index (χ0n) is 18.5. The molecule has 1 heterocycles. The highest BCUT2D eigenvalue weighted by molar-refractivity contribution is 8.03. The Morgan fingerprint density at radius 1 is 1.09 bits per heavy atom. The van der Waals surface area contributed by atoms with Crippen molar-refractivity contribution >= 4 is 57.3 Å². The van der Waals surface area contributed by atoms with Gasteiger partial charge in [-0.05, 0) is 41.5 Å². The van der Waals surface area contributed by atoms with E-state index in [0.717, 1.165) is 20.0 Å². The second-order valence-corrected chi connectivity index (χ2v) is 10.6. The molecule has 0 aliphatic carbocycles. The van der Waals surface area contributed by atoms with Gasteiger partial charge in [0.1, 0.15) is 0 Å². The fraction of sp³-hybridized carbons (Fsp3) is 0.167. The van der Waals surface area contributed by atoms with E-state index in [-0.39, 0.29) is 17.4 Å². The van der Waals surface area contributed by atoms with Crippen molar-refractivity contribution in [3.8, 4) is 11.5 Å². The number of aromatic nitrogens is 2. The van der Waals surface area contributed by atoms with E-state index >= 15 is 0 Å². The van der Waals surface area contributed by atoms with E-state index in [0.29, 0.717) is 11.5 Å². The number of hydrazone groups is 1. The standard InChI is InChI=1S/C24H22N4O3S3/c1-15(17-10-11-20(29)21(12-17)31-2)25-26-22(30)14-33-24-28-27-23(34-24)32-13-18-8-5-7-16-6-3-4-9-19(16)18/h3-12,29H,13-14H2,1-2H3,(H,26,30)/b25-15-. The Labute approximate surface area is 209 Å². The van der Waals surface area contributed by atoms with Crippen molar-refractivity contribution in [1.29, 1.82) is 0 Å². The number of phenolic OH excluding ortho intramolecular Hbond substituents is 1. The van der Waals surface area contributed by atoms with Gasteiger partial charge in [-0.15, -0.1) is 10.2 Å². The summed E-state index contributed by atoms with van der Waals surface area (Å²) in [7, 11) is 1.48. The van der Waals surface area contributed by atoms with Gasteiger partial charge in [0, 0.05) is 11.3 Å². The molecule has 0 spiro atoms. The van der Waals surface area contributed by atoms with Crippen LogP contribution in [-0.2, 0) is 10.5 Å². The number of phenols is 1. The summed E-state index contributed by atoms with van der Waals surface area (Å²) >= 11 is 4.44. The van der Waals surface area contributed by atoms with Crippen LogP contribution in [0.4, 0.5) is 0 Å². The largest absolute Gasteiger partial charge is 0.504 e. The first-order valence-electron chi connectivity index (χ1n) is 10.3. The molecule has 174 valence electrons. The summed E-state index contributed by atoms with van der Waals surface area (Å²) < 4.78 is 6.71. The summed E-state index contributed by atoms with van der Waals surface area (Å²) in [6, 6.07) is 19.5. The van der Waals surface area contributed by atoms with Gasteiger partial charge in [0.15, 0.2) is 20.2 Å². The predicted molar refractivity (Wildman–Crippen MR) is 139 cm³/mol. The lowest BCUT2D eigenvalue weighted by atomic mass is 10.1. The second-order valence-electron chi connectivity index (χ2n) is 7.17. The molecule has 0 bridgehead atoms. The van der Waals surface area contributed by atoms with Gasteiger partial charge < -0.3 is 9.84 Å². The number of methoxy groups -OCH3 is 1. The number of nitrogens with one attached hydrogen (secondary N) is 1. The molecule has 34 heavy (non-hydrogen) atoms. The van der Waals surface area contributed by atoms with Gasteiger partial charge in [-0.1, -0.05) is 77.3 Å².